The Labute approximate surface area is 154 Å². The number of nitrogens with zero attached hydrogens (tertiary/aromatic N) is 3. The minimum atomic E-state index is -0.403. The van der Waals surface area contributed by atoms with Gasteiger partial charge in [-0.3, -0.25) is 0 Å². The summed E-state index contributed by atoms with van der Waals surface area (Å²) in [6.07, 6.45) is 7.88. The number of ether oxygens (including phenoxy) is 1. The monoisotopic (exact) mass is 354 g/mol. The number of amides is 1. The number of hydrogen-bond acceptors (Lipinski definition) is 5. The molecule has 0 bridgehead atoms. The molecule has 1 aliphatic heterocycles. The molecule has 1 N–H and O–H groups in total. The summed E-state index contributed by atoms with van der Waals surface area (Å²) in [7, 11) is 1.37. The van der Waals surface area contributed by atoms with Crippen LogP contribution in [0.1, 0.15) is 31.7 Å². The summed E-state index contributed by atoms with van der Waals surface area (Å²) in [6, 6.07) is 8.30. The zero-order valence-electron chi connectivity index (χ0n) is 15.4. The second kappa shape index (κ2) is 8.65. The minimum Gasteiger partial charge on any atom is -0.453 e. The molecule has 1 aromatic carbocycles. The van der Waals surface area contributed by atoms with Gasteiger partial charge in [-0.25, -0.2) is 14.8 Å². The second-order valence-electron chi connectivity index (χ2n) is 6.76. The third-order valence-corrected chi connectivity index (χ3v) is 4.66. The lowest BCUT2D eigenvalue weighted by atomic mass is 10.0. The van der Waals surface area contributed by atoms with Crippen LogP contribution in [0.5, 0.6) is 0 Å². The van der Waals surface area contributed by atoms with Crippen LogP contribution < -0.4 is 10.2 Å². The molecule has 26 heavy (non-hydrogen) atoms. The molecule has 1 amide bonds. The standard InChI is InChI=1S/C20H26N4O2/c1-15(23-20(25)26-2)12-16-6-8-17(9-7-16)18-13-21-19(22-14-18)24-10-4-3-5-11-24/h6-9,13-15H,3-5,10-12H2,1-2H3,(H,23,25). The number of carbonyl (C=O) groups is 1. The number of piperidine rings is 1. The summed E-state index contributed by atoms with van der Waals surface area (Å²) >= 11 is 0. The van der Waals surface area contributed by atoms with Crippen LogP contribution in [-0.2, 0) is 11.2 Å². The average Bonchev–Trinajstić information content (AvgIpc) is 2.69. The fourth-order valence-electron chi connectivity index (χ4n) is 3.23. The highest BCUT2D eigenvalue weighted by Gasteiger charge is 2.13. The number of hydrogen-bond donors (Lipinski definition) is 1. The molecule has 3 rings (SSSR count). The van der Waals surface area contributed by atoms with Crippen molar-refractivity contribution in [1.82, 2.24) is 15.3 Å². The number of nitrogens with one attached hydrogen (secondary N) is 1. The third kappa shape index (κ3) is 4.71. The Kier molecular flexibility index (Phi) is 6.04. The van der Waals surface area contributed by atoms with Gasteiger partial charge in [-0.1, -0.05) is 24.3 Å². The highest BCUT2D eigenvalue weighted by atomic mass is 16.5. The lowest BCUT2D eigenvalue weighted by molar-refractivity contribution is 0.167. The van der Waals surface area contributed by atoms with E-state index in [-0.39, 0.29) is 6.04 Å². The summed E-state index contributed by atoms with van der Waals surface area (Å²) in [5.74, 6) is 0.827. The molecular formula is C20H26N4O2. The van der Waals surface area contributed by atoms with Crippen molar-refractivity contribution in [3.05, 3.63) is 42.2 Å². The van der Waals surface area contributed by atoms with Gasteiger partial charge in [0.2, 0.25) is 5.95 Å². The SMILES string of the molecule is COC(=O)NC(C)Cc1ccc(-c2cnc(N3CCCCC3)nc2)cc1. The second-order valence-corrected chi connectivity index (χ2v) is 6.76. The predicted octanol–water partition coefficient (Wildman–Crippen LogP) is 3.42. The number of alkyl carbamates (subject to hydrolysis) is 1. The van der Waals surface area contributed by atoms with Gasteiger partial charge in [-0.05, 0) is 43.7 Å². The number of methoxy groups -OCH3 is 1. The van der Waals surface area contributed by atoms with E-state index in [0.29, 0.717) is 0 Å². The maximum Gasteiger partial charge on any atom is 0.407 e. The first kappa shape index (κ1) is 18.2. The summed E-state index contributed by atoms with van der Waals surface area (Å²) in [5, 5.41) is 2.78. The van der Waals surface area contributed by atoms with Crippen molar-refractivity contribution in [2.75, 3.05) is 25.1 Å². The van der Waals surface area contributed by atoms with Gasteiger partial charge in [0, 0.05) is 37.1 Å². The molecule has 0 spiro atoms. The number of aromatic nitrogens is 2. The average molecular weight is 354 g/mol. The van der Waals surface area contributed by atoms with E-state index in [0.717, 1.165) is 42.1 Å². The maximum absolute atomic E-state index is 11.2. The van der Waals surface area contributed by atoms with Crippen LogP contribution in [0.4, 0.5) is 10.7 Å². The Morgan fingerprint density at radius 2 is 1.77 bits per heavy atom. The van der Waals surface area contributed by atoms with Crippen molar-refractivity contribution >= 4 is 12.0 Å². The van der Waals surface area contributed by atoms with E-state index in [2.05, 4.69) is 49.2 Å². The van der Waals surface area contributed by atoms with Crippen LogP contribution in [0.25, 0.3) is 11.1 Å². The summed E-state index contributed by atoms with van der Waals surface area (Å²) in [6.45, 7) is 4.05. The molecule has 1 atom stereocenters. The zero-order chi connectivity index (χ0) is 18.4. The predicted molar refractivity (Wildman–Crippen MR) is 102 cm³/mol. The molecule has 2 aromatic rings. The van der Waals surface area contributed by atoms with Crippen molar-refractivity contribution in [2.24, 2.45) is 0 Å². The van der Waals surface area contributed by atoms with Gasteiger partial charge in [0.1, 0.15) is 0 Å². The van der Waals surface area contributed by atoms with Crippen molar-refractivity contribution in [3.8, 4) is 11.1 Å². The van der Waals surface area contributed by atoms with Gasteiger partial charge >= 0.3 is 6.09 Å². The molecule has 1 aromatic heterocycles. The molecule has 138 valence electrons. The first-order valence-corrected chi connectivity index (χ1v) is 9.16. The van der Waals surface area contributed by atoms with E-state index in [1.54, 1.807) is 0 Å². The summed E-state index contributed by atoms with van der Waals surface area (Å²) in [5.41, 5.74) is 3.26. The number of benzene rings is 1. The Morgan fingerprint density at radius 3 is 2.38 bits per heavy atom. The zero-order valence-corrected chi connectivity index (χ0v) is 15.4. The fraction of sp³-hybridized carbons (Fsp3) is 0.450. The van der Waals surface area contributed by atoms with E-state index in [9.17, 15) is 4.79 Å². The van der Waals surface area contributed by atoms with E-state index >= 15 is 0 Å². The van der Waals surface area contributed by atoms with Crippen LogP contribution in [0.2, 0.25) is 0 Å². The Balaban J connectivity index is 1.62. The summed E-state index contributed by atoms with van der Waals surface area (Å²) in [4.78, 5) is 22.6. The molecule has 1 fully saturated rings. The molecule has 1 saturated heterocycles. The van der Waals surface area contributed by atoms with Gasteiger partial charge in [0.05, 0.1) is 7.11 Å². The van der Waals surface area contributed by atoms with E-state index in [4.69, 9.17) is 0 Å². The van der Waals surface area contributed by atoms with Crippen molar-refractivity contribution in [1.29, 1.82) is 0 Å². The molecule has 0 radical (unpaired) electrons. The molecule has 1 unspecified atom stereocenters. The third-order valence-electron chi connectivity index (χ3n) is 4.66. The van der Waals surface area contributed by atoms with Crippen molar-refractivity contribution in [2.45, 2.75) is 38.6 Å². The molecule has 6 nitrogen and oxygen atoms in total. The lowest BCUT2D eigenvalue weighted by Crippen LogP contribution is -2.33. The number of carbonyl (C=O) groups excluding carboxylic acids is 1. The highest BCUT2D eigenvalue weighted by molar-refractivity contribution is 5.67. The van der Waals surface area contributed by atoms with Crippen LogP contribution in [0.15, 0.2) is 36.7 Å². The number of anilines is 1. The first-order valence-electron chi connectivity index (χ1n) is 9.16. The van der Waals surface area contributed by atoms with Gasteiger partial charge < -0.3 is 15.0 Å². The van der Waals surface area contributed by atoms with E-state index in [1.165, 1.54) is 26.4 Å². The van der Waals surface area contributed by atoms with Crippen LogP contribution in [0.3, 0.4) is 0 Å². The Morgan fingerprint density at radius 1 is 1.12 bits per heavy atom. The normalized spacial score (nSPS) is 15.4. The van der Waals surface area contributed by atoms with Crippen molar-refractivity contribution in [3.63, 3.8) is 0 Å². The molecule has 0 saturated carbocycles. The highest BCUT2D eigenvalue weighted by Crippen LogP contribution is 2.21. The van der Waals surface area contributed by atoms with Gasteiger partial charge in [0.25, 0.3) is 0 Å². The molecule has 1 aliphatic rings. The van der Waals surface area contributed by atoms with Gasteiger partial charge in [-0.15, -0.1) is 0 Å². The van der Waals surface area contributed by atoms with Crippen molar-refractivity contribution < 1.29 is 9.53 Å². The lowest BCUT2D eigenvalue weighted by Gasteiger charge is -2.26. The Hall–Kier alpha value is -2.63. The smallest absolute Gasteiger partial charge is 0.407 e. The van der Waals surface area contributed by atoms with Crippen LogP contribution in [0, 0.1) is 0 Å². The fourth-order valence-corrected chi connectivity index (χ4v) is 3.23. The molecule has 2 heterocycles. The van der Waals surface area contributed by atoms with E-state index in [1.807, 2.05) is 19.3 Å². The molecule has 0 aliphatic carbocycles. The molecule has 6 heteroatoms. The first-order chi connectivity index (χ1) is 12.7. The van der Waals surface area contributed by atoms with Crippen LogP contribution >= 0.6 is 0 Å². The largest absolute Gasteiger partial charge is 0.453 e. The quantitative estimate of drug-likeness (QED) is 0.891. The maximum atomic E-state index is 11.2. The number of rotatable bonds is 5. The summed E-state index contributed by atoms with van der Waals surface area (Å²) < 4.78 is 4.62. The minimum absolute atomic E-state index is 0.0143. The topological polar surface area (TPSA) is 67.3 Å². The Bertz CT molecular complexity index is 710. The van der Waals surface area contributed by atoms with Gasteiger partial charge in [0.15, 0.2) is 0 Å². The van der Waals surface area contributed by atoms with Gasteiger partial charge in [-0.2, -0.15) is 0 Å². The van der Waals surface area contributed by atoms with E-state index < -0.39 is 6.09 Å². The van der Waals surface area contributed by atoms with Crippen LogP contribution in [-0.4, -0.2) is 42.3 Å². The molecular weight excluding hydrogens is 328 g/mol.